The highest BCUT2D eigenvalue weighted by Crippen LogP contribution is 2.16. The number of nitrogens with two attached hydrogens (primary N) is 1. The molecule has 0 fully saturated rings. The van der Waals surface area contributed by atoms with Crippen LogP contribution in [0.2, 0.25) is 5.02 Å². The van der Waals surface area contributed by atoms with Crippen molar-refractivity contribution in [3.63, 3.8) is 0 Å². The van der Waals surface area contributed by atoms with Crippen LogP contribution in [0.4, 0.5) is 4.39 Å². The van der Waals surface area contributed by atoms with Gasteiger partial charge in [-0.3, -0.25) is 0 Å². The molecule has 0 radical (unpaired) electrons. The Morgan fingerprint density at radius 1 is 1.33 bits per heavy atom. The summed E-state index contributed by atoms with van der Waals surface area (Å²) in [5, 5.41) is 0.162. The number of benzene rings is 1. The lowest BCUT2D eigenvalue weighted by Gasteiger charge is -2.20. The summed E-state index contributed by atoms with van der Waals surface area (Å²) in [6.07, 6.45) is 1.61. The molecule has 2 nitrogen and oxygen atoms in total. The quantitative estimate of drug-likeness (QED) is 0.827. The summed E-state index contributed by atoms with van der Waals surface area (Å²) in [5.74, 6) is -0.370. The minimum Gasteiger partial charge on any atom is -0.327 e. The van der Waals surface area contributed by atoms with E-state index in [1.54, 1.807) is 6.07 Å². The Morgan fingerprint density at radius 3 is 2.56 bits per heavy atom. The average Bonchev–Trinajstić information content (AvgIpc) is 2.35. The predicted octanol–water partition coefficient (Wildman–Crippen LogP) is 3.08. The van der Waals surface area contributed by atoms with Gasteiger partial charge in [0.15, 0.2) is 0 Å². The van der Waals surface area contributed by atoms with Crippen molar-refractivity contribution in [1.29, 1.82) is 0 Å². The molecule has 0 aliphatic carbocycles. The lowest BCUT2D eigenvalue weighted by molar-refractivity contribution is 0.290. The van der Waals surface area contributed by atoms with E-state index in [9.17, 15) is 4.39 Å². The molecule has 0 heterocycles. The van der Waals surface area contributed by atoms with Gasteiger partial charge in [-0.25, -0.2) is 4.39 Å². The topological polar surface area (TPSA) is 29.3 Å². The molecular weight excluding hydrogens is 251 g/mol. The molecule has 0 aromatic heterocycles. The third kappa shape index (κ3) is 4.92. The molecule has 1 unspecified atom stereocenters. The van der Waals surface area contributed by atoms with Gasteiger partial charge in [-0.1, -0.05) is 31.5 Å². The van der Waals surface area contributed by atoms with Crippen LogP contribution in [0.15, 0.2) is 18.2 Å². The second kappa shape index (κ2) is 7.72. The first-order chi connectivity index (χ1) is 8.56. The van der Waals surface area contributed by atoms with E-state index in [0.717, 1.165) is 31.6 Å². The Balaban J connectivity index is 2.44. The van der Waals surface area contributed by atoms with Crippen LogP contribution >= 0.6 is 11.6 Å². The van der Waals surface area contributed by atoms with Gasteiger partial charge < -0.3 is 10.6 Å². The lowest BCUT2D eigenvalue weighted by atomic mass is 10.0. The average molecular weight is 273 g/mol. The molecule has 18 heavy (non-hydrogen) atoms. The molecule has 0 aliphatic heterocycles. The van der Waals surface area contributed by atoms with Crippen molar-refractivity contribution >= 4 is 11.6 Å². The first-order valence-corrected chi connectivity index (χ1v) is 6.86. The number of halogens is 2. The van der Waals surface area contributed by atoms with E-state index in [4.69, 9.17) is 17.3 Å². The zero-order valence-corrected chi connectivity index (χ0v) is 11.9. The second-order valence-corrected chi connectivity index (χ2v) is 4.94. The minimum absolute atomic E-state index is 0.0613. The van der Waals surface area contributed by atoms with Gasteiger partial charge in [0.1, 0.15) is 5.82 Å². The minimum atomic E-state index is -0.370. The largest absolute Gasteiger partial charge is 0.327 e. The predicted molar refractivity (Wildman–Crippen MR) is 75.5 cm³/mol. The Labute approximate surface area is 114 Å². The van der Waals surface area contributed by atoms with Crippen LogP contribution in [-0.2, 0) is 6.42 Å². The van der Waals surface area contributed by atoms with Gasteiger partial charge in [-0.2, -0.15) is 0 Å². The van der Waals surface area contributed by atoms with Crippen LogP contribution in [0.5, 0.6) is 0 Å². The van der Waals surface area contributed by atoms with Crippen molar-refractivity contribution in [1.82, 2.24) is 4.90 Å². The van der Waals surface area contributed by atoms with Crippen LogP contribution in [0, 0.1) is 5.82 Å². The zero-order chi connectivity index (χ0) is 13.5. The monoisotopic (exact) mass is 272 g/mol. The summed E-state index contributed by atoms with van der Waals surface area (Å²) in [4.78, 5) is 2.34. The summed E-state index contributed by atoms with van der Waals surface area (Å²) in [7, 11) is 0. The number of rotatable bonds is 7. The van der Waals surface area contributed by atoms with E-state index in [-0.39, 0.29) is 16.9 Å². The molecule has 1 aromatic carbocycles. The van der Waals surface area contributed by atoms with Crippen LogP contribution in [0.25, 0.3) is 0 Å². The van der Waals surface area contributed by atoms with E-state index >= 15 is 0 Å². The van der Waals surface area contributed by atoms with Crippen LogP contribution in [0.3, 0.4) is 0 Å². The van der Waals surface area contributed by atoms with Crippen LogP contribution in [0.1, 0.15) is 25.8 Å². The molecule has 1 rings (SSSR count). The molecule has 1 atom stereocenters. The molecule has 4 heteroatoms. The Kier molecular flexibility index (Phi) is 6.61. The molecule has 102 valence electrons. The molecular formula is C14H22ClFN2. The molecule has 1 aromatic rings. The SMILES string of the molecule is CCN(CC)CCC(N)Cc1ccc(Cl)c(F)c1. The molecule has 0 spiro atoms. The van der Waals surface area contributed by atoms with Crippen molar-refractivity contribution in [2.75, 3.05) is 19.6 Å². The van der Waals surface area contributed by atoms with E-state index in [2.05, 4.69) is 18.7 Å². The Bertz CT molecular complexity index is 367. The van der Waals surface area contributed by atoms with Gasteiger partial charge >= 0.3 is 0 Å². The highest BCUT2D eigenvalue weighted by Gasteiger charge is 2.08. The van der Waals surface area contributed by atoms with Gasteiger partial charge in [0.2, 0.25) is 0 Å². The van der Waals surface area contributed by atoms with E-state index in [1.807, 2.05) is 6.07 Å². The van der Waals surface area contributed by atoms with Crippen LogP contribution < -0.4 is 5.73 Å². The van der Waals surface area contributed by atoms with Crippen molar-refractivity contribution in [2.24, 2.45) is 5.73 Å². The molecule has 0 bridgehead atoms. The third-order valence-electron chi connectivity index (χ3n) is 3.19. The van der Waals surface area contributed by atoms with Gasteiger partial charge in [-0.05, 0) is 50.2 Å². The smallest absolute Gasteiger partial charge is 0.142 e. The molecule has 0 amide bonds. The number of nitrogens with zero attached hydrogens (tertiary/aromatic N) is 1. The maximum Gasteiger partial charge on any atom is 0.142 e. The standard InChI is InChI=1S/C14H22ClFN2/c1-3-18(4-2)8-7-12(17)9-11-5-6-13(15)14(16)10-11/h5-6,10,12H,3-4,7-9,17H2,1-2H3. The van der Waals surface area contributed by atoms with Gasteiger partial charge in [-0.15, -0.1) is 0 Å². The van der Waals surface area contributed by atoms with Gasteiger partial charge in [0, 0.05) is 6.04 Å². The van der Waals surface area contributed by atoms with Crippen molar-refractivity contribution in [3.8, 4) is 0 Å². The summed E-state index contributed by atoms with van der Waals surface area (Å²) >= 11 is 5.64. The highest BCUT2D eigenvalue weighted by atomic mass is 35.5. The fraction of sp³-hybridized carbons (Fsp3) is 0.571. The fourth-order valence-corrected chi connectivity index (χ4v) is 2.08. The molecule has 0 aliphatic rings. The molecule has 0 saturated heterocycles. The maximum atomic E-state index is 13.3. The second-order valence-electron chi connectivity index (χ2n) is 4.53. The normalized spacial score (nSPS) is 13.0. The highest BCUT2D eigenvalue weighted by molar-refractivity contribution is 6.30. The van der Waals surface area contributed by atoms with E-state index in [0.29, 0.717) is 6.42 Å². The third-order valence-corrected chi connectivity index (χ3v) is 3.50. The molecule has 2 N–H and O–H groups in total. The number of hydrogen-bond donors (Lipinski definition) is 1. The Hall–Kier alpha value is -0.640. The fourth-order valence-electron chi connectivity index (χ4n) is 1.96. The van der Waals surface area contributed by atoms with E-state index in [1.165, 1.54) is 6.07 Å². The van der Waals surface area contributed by atoms with Crippen molar-refractivity contribution < 1.29 is 4.39 Å². The zero-order valence-electron chi connectivity index (χ0n) is 11.1. The Morgan fingerprint density at radius 2 is 2.00 bits per heavy atom. The van der Waals surface area contributed by atoms with Crippen molar-refractivity contribution in [2.45, 2.75) is 32.7 Å². The summed E-state index contributed by atoms with van der Waals surface area (Å²) in [5.41, 5.74) is 6.98. The first kappa shape index (κ1) is 15.4. The van der Waals surface area contributed by atoms with E-state index < -0.39 is 0 Å². The summed E-state index contributed by atoms with van der Waals surface area (Å²) < 4.78 is 13.3. The van der Waals surface area contributed by atoms with Crippen molar-refractivity contribution in [3.05, 3.63) is 34.6 Å². The van der Waals surface area contributed by atoms with Crippen LogP contribution in [-0.4, -0.2) is 30.6 Å². The first-order valence-electron chi connectivity index (χ1n) is 6.48. The maximum absolute atomic E-state index is 13.3. The summed E-state index contributed by atoms with van der Waals surface area (Å²) in [6, 6.07) is 4.96. The lowest BCUT2D eigenvalue weighted by Crippen LogP contribution is -2.31. The van der Waals surface area contributed by atoms with Gasteiger partial charge in [0.25, 0.3) is 0 Å². The van der Waals surface area contributed by atoms with Gasteiger partial charge in [0.05, 0.1) is 5.02 Å². The number of hydrogen-bond acceptors (Lipinski definition) is 2. The molecule has 0 saturated carbocycles. The summed E-state index contributed by atoms with van der Waals surface area (Å²) in [6.45, 7) is 7.36.